The number of nitrogens with one attached hydrogen (secondary N) is 2. The van der Waals surface area contributed by atoms with Gasteiger partial charge in [-0.2, -0.15) is 5.10 Å². The molecule has 2 amide bonds. The Balaban J connectivity index is 2.00. The highest BCUT2D eigenvalue weighted by atomic mass is 35.5. The fourth-order valence-electron chi connectivity index (χ4n) is 1.98. The lowest BCUT2D eigenvalue weighted by Crippen LogP contribution is -2.39. The van der Waals surface area contributed by atoms with Gasteiger partial charge >= 0.3 is 11.7 Å². The molecule has 0 aliphatic rings. The molecule has 0 fully saturated rings. The fraction of sp³-hybridized carbons (Fsp3) is 0.357. The van der Waals surface area contributed by atoms with Crippen LogP contribution in [0.15, 0.2) is 29.1 Å². The van der Waals surface area contributed by atoms with Crippen molar-refractivity contribution in [1.82, 2.24) is 25.0 Å². The highest BCUT2D eigenvalue weighted by Gasteiger charge is 2.18. The van der Waals surface area contributed by atoms with Crippen LogP contribution in [0.25, 0.3) is 0 Å². The van der Waals surface area contributed by atoms with E-state index in [0.717, 1.165) is 5.56 Å². The Kier molecular flexibility index (Phi) is 4.87. The minimum Gasteiger partial charge on any atom is -0.331 e. The first-order chi connectivity index (χ1) is 10.4. The van der Waals surface area contributed by atoms with Gasteiger partial charge in [0.15, 0.2) is 5.82 Å². The first-order valence-electron chi connectivity index (χ1n) is 6.76. The average Bonchev–Trinajstić information content (AvgIpc) is 2.82. The van der Waals surface area contributed by atoms with Crippen LogP contribution in [0.4, 0.5) is 4.79 Å². The van der Waals surface area contributed by atoms with Gasteiger partial charge in [-0.05, 0) is 24.6 Å². The number of aromatic amines is 1. The zero-order valence-electron chi connectivity index (χ0n) is 12.6. The molecule has 2 aromatic rings. The molecular formula is C14H18ClN5O2. The van der Waals surface area contributed by atoms with Gasteiger partial charge in [-0.1, -0.05) is 23.7 Å². The number of H-pyrrole nitrogens is 1. The lowest BCUT2D eigenvalue weighted by molar-refractivity contribution is 0.193. The minimum atomic E-state index is -0.315. The van der Waals surface area contributed by atoms with Crippen LogP contribution in [-0.4, -0.2) is 32.7 Å². The lowest BCUT2D eigenvalue weighted by atomic mass is 10.1. The first kappa shape index (κ1) is 16.1. The second-order valence-electron chi connectivity index (χ2n) is 5.00. The van der Waals surface area contributed by atoms with E-state index < -0.39 is 0 Å². The zero-order valence-corrected chi connectivity index (χ0v) is 13.4. The van der Waals surface area contributed by atoms with Gasteiger partial charge in [0.2, 0.25) is 0 Å². The molecule has 1 aromatic carbocycles. The average molecular weight is 324 g/mol. The summed E-state index contributed by atoms with van der Waals surface area (Å²) < 4.78 is 1.35. The maximum Gasteiger partial charge on any atom is 0.343 e. The molecule has 2 rings (SSSR count). The second-order valence-corrected chi connectivity index (χ2v) is 5.44. The van der Waals surface area contributed by atoms with Crippen molar-refractivity contribution in [3.05, 3.63) is 51.2 Å². The number of aromatic nitrogens is 3. The third-order valence-electron chi connectivity index (χ3n) is 3.60. The Morgan fingerprint density at radius 1 is 1.55 bits per heavy atom. The summed E-state index contributed by atoms with van der Waals surface area (Å²) in [4.78, 5) is 25.0. The molecule has 1 heterocycles. The van der Waals surface area contributed by atoms with Gasteiger partial charge in [0.05, 0.1) is 12.6 Å². The molecule has 0 aliphatic heterocycles. The Morgan fingerprint density at radius 2 is 2.27 bits per heavy atom. The molecule has 118 valence electrons. The van der Waals surface area contributed by atoms with E-state index in [1.54, 1.807) is 25.1 Å². The standard InChI is InChI=1S/C14H18ClN5O2/c1-9(10-5-4-6-11(15)7-10)19(2)13(21)16-8-12-17-18-14(22)20(12)3/h4-7,9H,8H2,1-3H3,(H,16,21)(H,18,22). The van der Waals surface area contributed by atoms with Crippen molar-refractivity contribution in [2.45, 2.75) is 19.5 Å². The predicted octanol–water partition coefficient (Wildman–Crippen LogP) is 1.66. The van der Waals surface area contributed by atoms with Crippen molar-refractivity contribution < 1.29 is 4.79 Å². The van der Waals surface area contributed by atoms with Gasteiger partial charge in [-0.25, -0.2) is 14.7 Å². The third-order valence-corrected chi connectivity index (χ3v) is 3.84. The van der Waals surface area contributed by atoms with Crippen molar-refractivity contribution >= 4 is 17.6 Å². The summed E-state index contributed by atoms with van der Waals surface area (Å²) in [5.74, 6) is 0.460. The van der Waals surface area contributed by atoms with Crippen LogP contribution in [0.1, 0.15) is 24.4 Å². The summed E-state index contributed by atoms with van der Waals surface area (Å²) in [6, 6.07) is 6.98. The van der Waals surface area contributed by atoms with E-state index in [4.69, 9.17) is 11.6 Å². The monoisotopic (exact) mass is 323 g/mol. The smallest absolute Gasteiger partial charge is 0.331 e. The molecule has 8 heteroatoms. The van der Waals surface area contributed by atoms with Crippen LogP contribution in [-0.2, 0) is 13.6 Å². The van der Waals surface area contributed by atoms with Crippen LogP contribution in [0, 0.1) is 0 Å². The van der Waals surface area contributed by atoms with Gasteiger partial charge < -0.3 is 10.2 Å². The number of amides is 2. The highest BCUT2D eigenvalue weighted by molar-refractivity contribution is 6.30. The number of urea groups is 1. The van der Waals surface area contributed by atoms with Crippen molar-refractivity contribution in [3.63, 3.8) is 0 Å². The molecule has 1 unspecified atom stereocenters. The fourth-order valence-corrected chi connectivity index (χ4v) is 2.18. The van der Waals surface area contributed by atoms with E-state index in [2.05, 4.69) is 15.5 Å². The first-order valence-corrected chi connectivity index (χ1v) is 7.14. The Hall–Kier alpha value is -2.28. The molecule has 0 bridgehead atoms. The number of rotatable bonds is 4. The molecule has 1 atom stereocenters. The van der Waals surface area contributed by atoms with Crippen molar-refractivity contribution in [2.24, 2.45) is 7.05 Å². The lowest BCUT2D eigenvalue weighted by Gasteiger charge is -2.25. The molecular weight excluding hydrogens is 306 g/mol. The van der Waals surface area contributed by atoms with Gasteiger partial charge in [0, 0.05) is 19.1 Å². The molecule has 0 saturated carbocycles. The predicted molar refractivity (Wildman–Crippen MR) is 83.7 cm³/mol. The van der Waals surface area contributed by atoms with E-state index in [0.29, 0.717) is 10.8 Å². The Morgan fingerprint density at radius 3 is 2.86 bits per heavy atom. The maximum atomic E-state index is 12.2. The van der Waals surface area contributed by atoms with Gasteiger partial charge in [0.25, 0.3) is 0 Å². The topological polar surface area (TPSA) is 83.0 Å². The van der Waals surface area contributed by atoms with E-state index in [1.165, 1.54) is 4.57 Å². The number of hydrogen-bond acceptors (Lipinski definition) is 3. The van der Waals surface area contributed by atoms with Crippen LogP contribution in [0.2, 0.25) is 5.02 Å². The van der Waals surface area contributed by atoms with Crippen LogP contribution in [0.5, 0.6) is 0 Å². The molecule has 7 nitrogen and oxygen atoms in total. The van der Waals surface area contributed by atoms with E-state index in [1.807, 2.05) is 25.1 Å². The van der Waals surface area contributed by atoms with Crippen molar-refractivity contribution in [1.29, 1.82) is 0 Å². The number of benzene rings is 1. The summed E-state index contributed by atoms with van der Waals surface area (Å²) in [6.45, 7) is 2.08. The highest BCUT2D eigenvalue weighted by Crippen LogP contribution is 2.21. The summed E-state index contributed by atoms with van der Waals surface area (Å²) >= 11 is 5.97. The minimum absolute atomic E-state index is 0.137. The van der Waals surface area contributed by atoms with Crippen molar-refractivity contribution in [3.8, 4) is 0 Å². The molecule has 0 saturated heterocycles. The van der Waals surface area contributed by atoms with Crippen LogP contribution < -0.4 is 11.0 Å². The quantitative estimate of drug-likeness (QED) is 0.897. The second kappa shape index (κ2) is 6.65. The number of carbonyl (C=O) groups is 1. The summed E-state index contributed by atoms with van der Waals surface area (Å²) in [5, 5.41) is 9.52. The number of halogens is 1. The van der Waals surface area contributed by atoms with E-state index >= 15 is 0 Å². The summed E-state index contributed by atoms with van der Waals surface area (Å²) in [6.07, 6.45) is 0. The van der Waals surface area contributed by atoms with Gasteiger partial charge in [-0.3, -0.25) is 4.57 Å². The third kappa shape index (κ3) is 3.48. The van der Waals surface area contributed by atoms with Crippen molar-refractivity contribution in [2.75, 3.05) is 7.05 Å². The summed E-state index contributed by atoms with van der Waals surface area (Å²) in [7, 11) is 3.29. The maximum absolute atomic E-state index is 12.2. The molecule has 22 heavy (non-hydrogen) atoms. The molecule has 0 spiro atoms. The van der Waals surface area contributed by atoms with E-state index in [-0.39, 0.29) is 24.3 Å². The number of hydrogen-bond donors (Lipinski definition) is 2. The molecule has 0 radical (unpaired) electrons. The summed E-state index contributed by atoms with van der Waals surface area (Å²) in [5.41, 5.74) is 0.627. The normalized spacial score (nSPS) is 12.0. The van der Waals surface area contributed by atoms with E-state index in [9.17, 15) is 9.59 Å². The van der Waals surface area contributed by atoms with Gasteiger partial charge in [0.1, 0.15) is 0 Å². The molecule has 0 aliphatic carbocycles. The van der Waals surface area contributed by atoms with Crippen LogP contribution in [0.3, 0.4) is 0 Å². The van der Waals surface area contributed by atoms with Crippen LogP contribution >= 0.6 is 11.6 Å². The number of nitrogens with zero attached hydrogens (tertiary/aromatic N) is 3. The van der Waals surface area contributed by atoms with Gasteiger partial charge in [-0.15, -0.1) is 0 Å². The molecule has 1 aromatic heterocycles. The SMILES string of the molecule is CC(c1cccc(Cl)c1)N(C)C(=O)NCc1n[nH]c(=O)n1C. The zero-order chi connectivity index (χ0) is 16.3. The largest absolute Gasteiger partial charge is 0.343 e. The Bertz CT molecular complexity index is 724. The molecule has 2 N–H and O–H groups in total. The Labute approximate surface area is 132 Å². The number of carbonyl (C=O) groups excluding carboxylic acids is 1.